The molecule has 0 radical (unpaired) electrons. The zero-order valence-corrected chi connectivity index (χ0v) is 28.4. The second-order valence-corrected chi connectivity index (χ2v) is 13.8. The maximum Gasteiger partial charge on any atom is 0.422 e. The Hall–Kier alpha value is -4.17. The molecular formula is C39H49N3O5. The van der Waals surface area contributed by atoms with Crippen molar-refractivity contribution in [3.05, 3.63) is 95.1 Å². The first-order valence-corrected chi connectivity index (χ1v) is 17.0. The van der Waals surface area contributed by atoms with E-state index in [9.17, 15) is 14.4 Å². The third kappa shape index (κ3) is 7.54. The van der Waals surface area contributed by atoms with Gasteiger partial charge in [-0.1, -0.05) is 101 Å². The lowest BCUT2D eigenvalue weighted by Gasteiger charge is -2.54. The molecule has 3 aromatic rings. The standard InChI is InChI=1S/C39H49N3O5/c1-6-46-34(43)22-25-40-36(44)29-20-18-28(19-21-29)26-42(39(38(3,4)5)23-12-7-13-24-39)41-37(45)47-27(2)35-32-16-10-8-14-30(32)31-15-9-11-17-33(31)35/h8-11,14-21,27,35H,6-7,12-13,22-26H2,1-5H3,(H,40,44)(H,41,45). The van der Waals surface area contributed by atoms with Crippen LogP contribution in [-0.4, -0.2) is 47.8 Å². The molecule has 2 amide bonds. The minimum atomic E-state index is -0.467. The number of hydrogen-bond acceptors (Lipinski definition) is 6. The van der Waals surface area contributed by atoms with Crippen molar-refractivity contribution in [2.24, 2.45) is 5.41 Å². The number of amides is 2. The van der Waals surface area contributed by atoms with E-state index in [0.29, 0.717) is 18.7 Å². The lowest BCUT2D eigenvalue weighted by Crippen LogP contribution is -2.63. The van der Waals surface area contributed by atoms with Crippen molar-refractivity contribution < 1.29 is 23.9 Å². The van der Waals surface area contributed by atoms with E-state index in [1.165, 1.54) is 28.7 Å². The van der Waals surface area contributed by atoms with Crippen molar-refractivity contribution in [1.82, 2.24) is 15.8 Å². The average Bonchev–Trinajstić information content (AvgIpc) is 3.39. The highest BCUT2D eigenvalue weighted by Crippen LogP contribution is 2.48. The van der Waals surface area contributed by atoms with Crippen LogP contribution in [0.5, 0.6) is 0 Å². The normalized spacial score (nSPS) is 16.1. The van der Waals surface area contributed by atoms with Crippen LogP contribution in [-0.2, 0) is 20.8 Å². The fraction of sp³-hybridized carbons (Fsp3) is 0.462. The van der Waals surface area contributed by atoms with Gasteiger partial charge in [-0.25, -0.2) is 9.80 Å². The molecule has 2 N–H and O–H groups in total. The Kier molecular flexibility index (Phi) is 10.7. The zero-order chi connectivity index (χ0) is 33.6. The molecule has 8 heteroatoms. The monoisotopic (exact) mass is 639 g/mol. The van der Waals surface area contributed by atoms with Gasteiger partial charge in [-0.05, 0) is 72.1 Å². The van der Waals surface area contributed by atoms with E-state index >= 15 is 0 Å². The predicted octanol–water partition coefficient (Wildman–Crippen LogP) is 7.76. The minimum Gasteiger partial charge on any atom is -0.466 e. The van der Waals surface area contributed by atoms with Crippen molar-refractivity contribution in [3.8, 4) is 11.1 Å². The van der Waals surface area contributed by atoms with Crippen molar-refractivity contribution >= 4 is 18.0 Å². The number of esters is 1. The van der Waals surface area contributed by atoms with E-state index in [4.69, 9.17) is 9.47 Å². The van der Waals surface area contributed by atoms with Crippen molar-refractivity contribution in [1.29, 1.82) is 0 Å². The van der Waals surface area contributed by atoms with E-state index in [1.807, 2.05) is 31.2 Å². The van der Waals surface area contributed by atoms with Gasteiger partial charge >= 0.3 is 12.1 Å². The third-order valence-electron chi connectivity index (χ3n) is 9.94. The molecule has 5 rings (SSSR count). The van der Waals surface area contributed by atoms with E-state index in [2.05, 4.69) is 72.9 Å². The number of fused-ring (bicyclic) bond motifs is 3. The molecule has 2 aliphatic rings. The average molecular weight is 640 g/mol. The Labute approximate surface area is 279 Å². The lowest BCUT2D eigenvalue weighted by molar-refractivity contribution is -0.142. The number of ether oxygens (including phenoxy) is 2. The molecule has 1 unspecified atom stereocenters. The lowest BCUT2D eigenvalue weighted by atomic mass is 9.65. The van der Waals surface area contributed by atoms with E-state index < -0.39 is 6.09 Å². The number of nitrogens with zero attached hydrogens (tertiary/aromatic N) is 1. The summed E-state index contributed by atoms with van der Waals surface area (Å²) in [5, 5.41) is 4.89. The molecule has 0 aliphatic heterocycles. The van der Waals surface area contributed by atoms with Crippen LogP contribution in [0.15, 0.2) is 72.8 Å². The van der Waals surface area contributed by atoms with Gasteiger partial charge in [-0.2, -0.15) is 0 Å². The molecule has 2 aliphatic carbocycles. The van der Waals surface area contributed by atoms with Crippen LogP contribution in [0.3, 0.4) is 0 Å². The van der Waals surface area contributed by atoms with Gasteiger partial charge in [0.05, 0.1) is 13.0 Å². The fourth-order valence-corrected chi connectivity index (χ4v) is 7.49. The topological polar surface area (TPSA) is 97.0 Å². The molecule has 1 fully saturated rings. The number of carbonyl (C=O) groups excluding carboxylic acids is 3. The Bertz CT molecular complexity index is 1510. The molecule has 0 saturated heterocycles. The minimum absolute atomic E-state index is 0.0520. The maximum atomic E-state index is 13.8. The van der Waals surface area contributed by atoms with Gasteiger partial charge < -0.3 is 14.8 Å². The summed E-state index contributed by atoms with van der Waals surface area (Å²) >= 11 is 0. The van der Waals surface area contributed by atoms with Crippen LogP contribution >= 0.6 is 0 Å². The maximum absolute atomic E-state index is 13.8. The highest BCUT2D eigenvalue weighted by Gasteiger charge is 2.48. The van der Waals surface area contributed by atoms with Crippen LogP contribution in [0.2, 0.25) is 0 Å². The Balaban J connectivity index is 1.33. The van der Waals surface area contributed by atoms with Crippen molar-refractivity contribution in [3.63, 3.8) is 0 Å². The summed E-state index contributed by atoms with van der Waals surface area (Å²) < 4.78 is 11.1. The number of hydrazine groups is 1. The molecule has 0 heterocycles. The molecule has 3 aromatic carbocycles. The summed E-state index contributed by atoms with van der Waals surface area (Å²) in [6.45, 7) is 11.5. The molecule has 0 aromatic heterocycles. The van der Waals surface area contributed by atoms with Crippen LogP contribution < -0.4 is 10.7 Å². The number of benzene rings is 3. The molecule has 0 bridgehead atoms. The Morgan fingerprint density at radius 1 is 0.894 bits per heavy atom. The smallest absolute Gasteiger partial charge is 0.422 e. The second-order valence-electron chi connectivity index (χ2n) is 13.8. The van der Waals surface area contributed by atoms with Crippen LogP contribution in [0.4, 0.5) is 4.79 Å². The SMILES string of the molecule is CCOC(=O)CCNC(=O)c1ccc(CN(NC(=O)OC(C)C2c3ccccc3-c3ccccc32)C2(C(C)(C)C)CCCCC2)cc1. The summed E-state index contributed by atoms with van der Waals surface area (Å²) in [5.41, 5.74) is 9.00. The van der Waals surface area contributed by atoms with Gasteiger partial charge in [0.1, 0.15) is 6.10 Å². The number of carbonyl (C=O) groups is 3. The van der Waals surface area contributed by atoms with E-state index in [1.54, 1.807) is 19.1 Å². The number of rotatable bonds is 11. The van der Waals surface area contributed by atoms with Crippen LogP contribution in [0, 0.1) is 5.41 Å². The molecule has 8 nitrogen and oxygen atoms in total. The van der Waals surface area contributed by atoms with Gasteiger partial charge in [0.15, 0.2) is 0 Å². The molecule has 47 heavy (non-hydrogen) atoms. The summed E-state index contributed by atoms with van der Waals surface area (Å²) in [5.74, 6) is -0.636. The largest absolute Gasteiger partial charge is 0.466 e. The highest BCUT2D eigenvalue weighted by atomic mass is 16.6. The van der Waals surface area contributed by atoms with E-state index in [-0.39, 0.29) is 47.8 Å². The zero-order valence-electron chi connectivity index (χ0n) is 28.4. The van der Waals surface area contributed by atoms with Gasteiger partial charge in [0.2, 0.25) is 0 Å². The molecule has 1 saturated carbocycles. The van der Waals surface area contributed by atoms with Crippen molar-refractivity contribution in [2.45, 2.75) is 97.2 Å². The summed E-state index contributed by atoms with van der Waals surface area (Å²) in [6.07, 6.45) is 4.53. The summed E-state index contributed by atoms with van der Waals surface area (Å²) in [4.78, 5) is 38.1. The molecule has 1 atom stereocenters. The third-order valence-corrected chi connectivity index (χ3v) is 9.94. The summed E-state index contributed by atoms with van der Waals surface area (Å²) in [7, 11) is 0. The quantitative estimate of drug-likeness (QED) is 0.164. The first kappa shape index (κ1) is 34.2. The van der Waals surface area contributed by atoms with Crippen LogP contribution in [0.1, 0.15) is 106 Å². The fourth-order valence-electron chi connectivity index (χ4n) is 7.49. The number of hydrogen-bond donors (Lipinski definition) is 2. The predicted molar refractivity (Wildman–Crippen MR) is 184 cm³/mol. The van der Waals surface area contributed by atoms with Gasteiger partial charge in [0, 0.05) is 30.1 Å². The van der Waals surface area contributed by atoms with E-state index in [0.717, 1.165) is 31.2 Å². The molecular weight excluding hydrogens is 590 g/mol. The van der Waals surface area contributed by atoms with Gasteiger partial charge in [0.25, 0.3) is 5.91 Å². The highest BCUT2D eigenvalue weighted by molar-refractivity contribution is 5.94. The Morgan fingerprint density at radius 3 is 2.06 bits per heavy atom. The Morgan fingerprint density at radius 2 is 1.49 bits per heavy atom. The van der Waals surface area contributed by atoms with Crippen molar-refractivity contribution in [2.75, 3.05) is 13.2 Å². The molecule has 0 spiro atoms. The molecule has 250 valence electrons. The van der Waals surface area contributed by atoms with Gasteiger partial charge in [-0.3, -0.25) is 15.0 Å². The van der Waals surface area contributed by atoms with Gasteiger partial charge in [-0.15, -0.1) is 0 Å². The number of nitrogens with one attached hydrogen (secondary N) is 2. The first-order valence-electron chi connectivity index (χ1n) is 17.0. The first-order chi connectivity index (χ1) is 22.5. The van der Waals surface area contributed by atoms with Crippen LogP contribution in [0.25, 0.3) is 11.1 Å². The second kappa shape index (κ2) is 14.7. The summed E-state index contributed by atoms with van der Waals surface area (Å²) in [6, 6.07) is 24.1.